The van der Waals surface area contributed by atoms with Crippen molar-refractivity contribution in [1.29, 1.82) is 0 Å². The third kappa shape index (κ3) is 5.22. The minimum atomic E-state index is -3.58. The molecule has 1 amide bonds. The SMILES string of the molecule is CC[C@H](C(=O)NC1CCCCCC1)N(c1ccc(C)c(C)c1)S(C)(=O)=O. The number of sulfonamides is 1. The summed E-state index contributed by atoms with van der Waals surface area (Å²) in [6, 6.07) is 4.96. The fraction of sp³-hybridized carbons (Fsp3) is 0.650. The number of hydrogen-bond donors (Lipinski definition) is 1. The number of hydrogen-bond acceptors (Lipinski definition) is 3. The van der Waals surface area contributed by atoms with Crippen LogP contribution in [0.3, 0.4) is 0 Å². The molecule has 0 radical (unpaired) electrons. The van der Waals surface area contributed by atoms with Crippen LogP contribution in [0.4, 0.5) is 5.69 Å². The van der Waals surface area contributed by atoms with Crippen LogP contribution in [0.1, 0.15) is 63.0 Å². The summed E-state index contributed by atoms with van der Waals surface area (Å²) in [6.45, 7) is 5.79. The number of rotatable bonds is 6. The Balaban J connectivity index is 2.28. The average molecular weight is 381 g/mol. The van der Waals surface area contributed by atoms with Gasteiger partial charge in [0.05, 0.1) is 11.9 Å². The molecular weight excluding hydrogens is 348 g/mol. The van der Waals surface area contributed by atoms with Crippen molar-refractivity contribution in [3.8, 4) is 0 Å². The number of carbonyl (C=O) groups excluding carboxylic acids is 1. The van der Waals surface area contributed by atoms with Crippen molar-refractivity contribution in [3.05, 3.63) is 29.3 Å². The van der Waals surface area contributed by atoms with E-state index in [2.05, 4.69) is 5.32 Å². The summed E-state index contributed by atoms with van der Waals surface area (Å²) < 4.78 is 26.3. The summed E-state index contributed by atoms with van der Waals surface area (Å²) in [6.07, 6.45) is 8.21. The maximum atomic E-state index is 13.0. The Labute approximate surface area is 158 Å². The molecule has 1 aromatic carbocycles. The third-order valence-electron chi connectivity index (χ3n) is 5.28. The van der Waals surface area contributed by atoms with E-state index in [0.717, 1.165) is 36.8 Å². The monoisotopic (exact) mass is 380 g/mol. The van der Waals surface area contributed by atoms with Gasteiger partial charge in [-0.3, -0.25) is 9.10 Å². The van der Waals surface area contributed by atoms with E-state index in [9.17, 15) is 13.2 Å². The maximum absolute atomic E-state index is 13.0. The van der Waals surface area contributed by atoms with Gasteiger partial charge < -0.3 is 5.32 Å². The minimum absolute atomic E-state index is 0.153. The molecule has 1 N–H and O–H groups in total. The molecule has 0 heterocycles. The zero-order chi connectivity index (χ0) is 19.3. The van der Waals surface area contributed by atoms with Gasteiger partial charge in [0.25, 0.3) is 0 Å². The van der Waals surface area contributed by atoms with Gasteiger partial charge in [-0.1, -0.05) is 38.7 Å². The molecule has 1 saturated carbocycles. The fourth-order valence-electron chi connectivity index (χ4n) is 3.64. The molecule has 6 heteroatoms. The Kier molecular flexibility index (Phi) is 7.09. The molecule has 2 rings (SSSR count). The molecule has 26 heavy (non-hydrogen) atoms. The van der Waals surface area contributed by atoms with Crippen molar-refractivity contribution in [2.75, 3.05) is 10.6 Å². The zero-order valence-electron chi connectivity index (χ0n) is 16.4. The summed E-state index contributed by atoms with van der Waals surface area (Å²) in [5.74, 6) is -0.192. The smallest absolute Gasteiger partial charge is 0.244 e. The predicted octanol–water partition coefficient (Wildman–Crippen LogP) is 3.69. The second-order valence-corrected chi connectivity index (χ2v) is 9.31. The highest BCUT2D eigenvalue weighted by Crippen LogP contribution is 2.25. The lowest BCUT2D eigenvalue weighted by atomic mass is 10.1. The van der Waals surface area contributed by atoms with Crippen LogP contribution in [0.5, 0.6) is 0 Å². The Morgan fingerprint density at radius 1 is 1.15 bits per heavy atom. The highest BCUT2D eigenvalue weighted by molar-refractivity contribution is 7.92. The Hall–Kier alpha value is -1.56. The summed E-state index contributed by atoms with van der Waals surface area (Å²) in [5.41, 5.74) is 2.66. The molecule has 1 aliphatic carbocycles. The molecule has 0 saturated heterocycles. The van der Waals surface area contributed by atoms with Gasteiger partial charge in [-0.25, -0.2) is 8.42 Å². The molecule has 0 aromatic heterocycles. The van der Waals surface area contributed by atoms with Crippen molar-refractivity contribution in [2.45, 2.75) is 77.8 Å². The number of benzene rings is 1. The molecule has 0 bridgehead atoms. The van der Waals surface area contributed by atoms with Crippen LogP contribution in [0.25, 0.3) is 0 Å². The van der Waals surface area contributed by atoms with Gasteiger partial charge in [0.2, 0.25) is 15.9 Å². The van der Waals surface area contributed by atoms with Gasteiger partial charge in [0, 0.05) is 6.04 Å². The van der Waals surface area contributed by atoms with Crippen molar-refractivity contribution in [3.63, 3.8) is 0 Å². The van der Waals surface area contributed by atoms with Crippen molar-refractivity contribution in [1.82, 2.24) is 5.32 Å². The molecule has 1 aromatic rings. The first-order chi connectivity index (χ1) is 12.2. The largest absolute Gasteiger partial charge is 0.352 e. The second-order valence-electron chi connectivity index (χ2n) is 7.45. The molecule has 5 nitrogen and oxygen atoms in total. The predicted molar refractivity (Wildman–Crippen MR) is 107 cm³/mol. The molecular formula is C20H32N2O3S. The first-order valence-electron chi connectivity index (χ1n) is 9.61. The molecule has 1 aliphatic rings. The van der Waals surface area contributed by atoms with Gasteiger partial charge in [-0.15, -0.1) is 0 Å². The molecule has 146 valence electrons. The van der Waals surface area contributed by atoms with Gasteiger partial charge in [0.15, 0.2) is 0 Å². The van der Waals surface area contributed by atoms with E-state index in [-0.39, 0.29) is 11.9 Å². The average Bonchev–Trinajstić information content (AvgIpc) is 2.82. The fourth-order valence-corrected chi connectivity index (χ4v) is 4.85. The van der Waals surface area contributed by atoms with E-state index in [1.807, 2.05) is 32.9 Å². The number of carbonyl (C=O) groups is 1. The van der Waals surface area contributed by atoms with Crippen LogP contribution in [0.2, 0.25) is 0 Å². The highest BCUT2D eigenvalue weighted by Gasteiger charge is 2.32. The van der Waals surface area contributed by atoms with E-state index in [0.29, 0.717) is 12.1 Å². The molecule has 0 unspecified atom stereocenters. The van der Waals surface area contributed by atoms with Gasteiger partial charge >= 0.3 is 0 Å². The number of aryl methyl sites for hydroxylation is 2. The van der Waals surface area contributed by atoms with Crippen LogP contribution in [0.15, 0.2) is 18.2 Å². The van der Waals surface area contributed by atoms with E-state index >= 15 is 0 Å². The normalized spacial score (nSPS) is 17.4. The van der Waals surface area contributed by atoms with E-state index < -0.39 is 16.1 Å². The lowest BCUT2D eigenvalue weighted by Crippen LogP contribution is -2.51. The van der Waals surface area contributed by atoms with E-state index in [1.54, 1.807) is 6.07 Å². The van der Waals surface area contributed by atoms with Crippen LogP contribution in [-0.4, -0.2) is 32.7 Å². The van der Waals surface area contributed by atoms with Crippen LogP contribution < -0.4 is 9.62 Å². The maximum Gasteiger partial charge on any atom is 0.244 e. The summed E-state index contributed by atoms with van der Waals surface area (Å²) in [5, 5.41) is 3.11. The first kappa shape index (κ1) is 20.7. The Morgan fingerprint density at radius 3 is 2.27 bits per heavy atom. The van der Waals surface area contributed by atoms with E-state index in [1.165, 1.54) is 23.4 Å². The summed E-state index contributed by atoms with van der Waals surface area (Å²) in [7, 11) is -3.58. The van der Waals surface area contributed by atoms with Crippen LogP contribution in [0, 0.1) is 13.8 Å². The van der Waals surface area contributed by atoms with Gasteiger partial charge in [0.1, 0.15) is 6.04 Å². The Bertz CT molecular complexity index is 723. The van der Waals surface area contributed by atoms with Crippen LogP contribution in [-0.2, 0) is 14.8 Å². The van der Waals surface area contributed by atoms with Crippen LogP contribution >= 0.6 is 0 Å². The minimum Gasteiger partial charge on any atom is -0.352 e. The number of nitrogens with zero attached hydrogens (tertiary/aromatic N) is 1. The lowest BCUT2D eigenvalue weighted by molar-refractivity contribution is -0.123. The van der Waals surface area contributed by atoms with Gasteiger partial charge in [-0.05, 0) is 56.4 Å². The third-order valence-corrected chi connectivity index (χ3v) is 6.46. The quantitative estimate of drug-likeness (QED) is 0.766. The van der Waals surface area contributed by atoms with E-state index in [4.69, 9.17) is 0 Å². The molecule has 0 spiro atoms. The topological polar surface area (TPSA) is 66.5 Å². The van der Waals surface area contributed by atoms with Gasteiger partial charge in [-0.2, -0.15) is 0 Å². The second kappa shape index (κ2) is 8.89. The number of amides is 1. The number of anilines is 1. The number of nitrogens with one attached hydrogen (secondary N) is 1. The van der Waals surface area contributed by atoms with Crippen molar-refractivity contribution in [2.24, 2.45) is 0 Å². The standard InChI is InChI=1S/C20H32N2O3S/c1-5-19(20(23)21-17-10-8-6-7-9-11-17)22(26(4,24)25)18-13-12-15(2)16(3)14-18/h12-14,17,19H,5-11H2,1-4H3,(H,21,23)/t19-/m1/s1. The molecule has 1 atom stereocenters. The Morgan fingerprint density at radius 2 is 1.77 bits per heavy atom. The van der Waals surface area contributed by atoms with Crippen molar-refractivity contribution < 1.29 is 13.2 Å². The lowest BCUT2D eigenvalue weighted by Gasteiger charge is -2.31. The molecule has 0 aliphatic heterocycles. The first-order valence-corrected chi connectivity index (χ1v) is 11.5. The summed E-state index contributed by atoms with van der Waals surface area (Å²) >= 11 is 0. The zero-order valence-corrected chi connectivity index (χ0v) is 17.2. The molecule has 1 fully saturated rings. The van der Waals surface area contributed by atoms with Crippen molar-refractivity contribution >= 4 is 21.6 Å². The highest BCUT2D eigenvalue weighted by atomic mass is 32.2. The summed E-state index contributed by atoms with van der Waals surface area (Å²) in [4.78, 5) is 13.0.